The average Bonchev–Trinajstić information content (AvgIpc) is 3.07. The number of nitrogens with zero attached hydrogens (tertiary/aromatic N) is 2. The van der Waals surface area contributed by atoms with Gasteiger partial charge in [-0.25, -0.2) is 12.8 Å². The lowest BCUT2D eigenvalue weighted by molar-refractivity contribution is -0.137. The first-order valence-electron chi connectivity index (χ1n) is 7.99. The van der Waals surface area contributed by atoms with Gasteiger partial charge in [0.1, 0.15) is 5.82 Å². The summed E-state index contributed by atoms with van der Waals surface area (Å²) in [6.07, 6.45) is -4.49. The Hall–Kier alpha value is -2.18. The molecule has 0 saturated heterocycles. The summed E-state index contributed by atoms with van der Waals surface area (Å²) in [5.41, 5.74) is -0.173. The summed E-state index contributed by atoms with van der Waals surface area (Å²) in [6, 6.07) is 10.1. The van der Waals surface area contributed by atoms with Gasteiger partial charge in [0.25, 0.3) is 0 Å². The molecule has 154 valence electrons. The van der Waals surface area contributed by atoms with Gasteiger partial charge in [0.2, 0.25) is 15.2 Å². The maximum atomic E-state index is 13.6. The van der Waals surface area contributed by atoms with Crippen LogP contribution in [0.1, 0.15) is 16.7 Å². The lowest BCUT2D eigenvalue weighted by Gasteiger charge is -2.08. The fraction of sp³-hybridized carbons (Fsp3) is 0.176. The van der Waals surface area contributed by atoms with Crippen molar-refractivity contribution in [3.63, 3.8) is 0 Å². The number of aromatic nitrogens is 2. The SMILES string of the molecule is O=S(=O)(Cc1ccc(C(F)(F)F)cc1)Nc1nnc(SCc2ccccc2F)s1. The van der Waals surface area contributed by atoms with Crippen molar-refractivity contribution in [3.05, 3.63) is 71.0 Å². The molecule has 0 spiro atoms. The molecule has 0 saturated carbocycles. The molecule has 0 unspecified atom stereocenters. The first kappa shape index (κ1) is 21.5. The minimum Gasteiger partial charge on any atom is -0.257 e. The standard InChI is InChI=1S/C17H13F4N3O2S3/c18-14-4-2-1-3-12(14)9-27-16-23-22-15(28-16)24-29(25,26)10-11-5-7-13(8-6-11)17(19,20)21/h1-8H,9-10H2,(H,22,24). The Bertz CT molecular complexity index is 1080. The first-order valence-corrected chi connectivity index (χ1v) is 11.4. The summed E-state index contributed by atoms with van der Waals surface area (Å²) in [5.74, 6) is -0.552. The third-order valence-electron chi connectivity index (χ3n) is 3.60. The van der Waals surface area contributed by atoms with Gasteiger partial charge >= 0.3 is 6.18 Å². The van der Waals surface area contributed by atoms with Gasteiger partial charge in [0.15, 0.2) is 4.34 Å². The zero-order valence-electron chi connectivity index (χ0n) is 14.5. The minimum absolute atomic E-state index is 0.0212. The van der Waals surface area contributed by atoms with Crippen LogP contribution in [0.4, 0.5) is 22.7 Å². The van der Waals surface area contributed by atoms with Gasteiger partial charge in [0.05, 0.1) is 11.3 Å². The van der Waals surface area contributed by atoms with Crippen LogP contribution in [0.15, 0.2) is 52.9 Å². The second kappa shape index (κ2) is 8.67. The molecule has 0 fully saturated rings. The summed E-state index contributed by atoms with van der Waals surface area (Å²) < 4.78 is 78.5. The largest absolute Gasteiger partial charge is 0.416 e. The lowest BCUT2D eigenvalue weighted by Crippen LogP contribution is -2.15. The fourth-order valence-electron chi connectivity index (χ4n) is 2.24. The Morgan fingerprint density at radius 2 is 1.72 bits per heavy atom. The van der Waals surface area contributed by atoms with E-state index in [0.717, 1.165) is 35.6 Å². The van der Waals surface area contributed by atoms with Crippen LogP contribution in [0, 0.1) is 5.82 Å². The average molecular weight is 464 g/mol. The summed E-state index contributed by atoms with van der Waals surface area (Å²) >= 11 is 2.19. The normalized spacial score (nSPS) is 12.1. The van der Waals surface area contributed by atoms with Gasteiger partial charge in [-0.3, -0.25) is 4.72 Å². The first-order chi connectivity index (χ1) is 13.6. The Labute approximate surface area is 172 Å². The number of hydrogen-bond acceptors (Lipinski definition) is 6. The molecule has 0 bridgehead atoms. The monoisotopic (exact) mass is 463 g/mol. The number of anilines is 1. The van der Waals surface area contributed by atoms with Gasteiger partial charge in [0, 0.05) is 5.75 Å². The van der Waals surface area contributed by atoms with E-state index in [2.05, 4.69) is 14.9 Å². The summed E-state index contributed by atoms with van der Waals surface area (Å²) in [5, 5.41) is 7.61. The highest BCUT2D eigenvalue weighted by Gasteiger charge is 2.30. The second-order valence-corrected chi connectivity index (χ2v) is 9.73. The van der Waals surface area contributed by atoms with Crippen LogP contribution in [0.2, 0.25) is 0 Å². The molecule has 3 rings (SSSR count). The Morgan fingerprint density at radius 3 is 2.38 bits per heavy atom. The summed E-state index contributed by atoms with van der Waals surface area (Å²) in [4.78, 5) is 0. The number of halogens is 4. The van der Waals surface area contributed by atoms with Crippen molar-refractivity contribution >= 4 is 38.3 Å². The lowest BCUT2D eigenvalue weighted by atomic mass is 10.1. The van der Waals surface area contributed by atoms with E-state index in [9.17, 15) is 26.0 Å². The van der Waals surface area contributed by atoms with E-state index in [1.807, 2.05) is 0 Å². The molecule has 5 nitrogen and oxygen atoms in total. The number of thioether (sulfide) groups is 1. The van der Waals surface area contributed by atoms with Crippen LogP contribution < -0.4 is 4.72 Å². The molecular formula is C17H13F4N3O2S3. The van der Waals surface area contributed by atoms with Gasteiger partial charge < -0.3 is 0 Å². The Kier molecular flexibility index (Phi) is 6.44. The van der Waals surface area contributed by atoms with E-state index in [1.54, 1.807) is 18.2 Å². The molecule has 1 heterocycles. The van der Waals surface area contributed by atoms with Crippen molar-refractivity contribution < 1.29 is 26.0 Å². The number of benzene rings is 2. The maximum absolute atomic E-state index is 13.6. The molecule has 0 aliphatic carbocycles. The number of nitrogens with one attached hydrogen (secondary N) is 1. The maximum Gasteiger partial charge on any atom is 0.416 e. The number of sulfonamides is 1. The van der Waals surface area contributed by atoms with Crippen molar-refractivity contribution in [2.45, 2.75) is 22.0 Å². The highest BCUT2D eigenvalue weighted by Crippen LogP contribution is 2.31. The van der Waals surface area contributed by atoms with E-state index in [-0.39, 0.29) is 16.5 Å². The number of alkyl halides is 3. The van der Waals surface area contributed by atoms with E-state index in [0.29, 0.717) is 15.7 Å². The third kappa shape index (κ3) is 6.15. The van der Waals surface area contributed by atoms with E-state index < -0.39 is 27.5 Å². The minimum atomic E-state index is -4.49. The van der Waals surface area contributed by atoms with Crippen LogP contribution in [0.5, 0.6) is 0 Å². The van der Waals surface area contributed by atoms with Crippen molar-refractivity contribution in [1.82, 2.24) is 10.2 Å². The van der Waals surface area contributed by atoms with E-state index in [1.165, 1.54) is 17.8 Å². The van der Waals surface area contributed by atoms with Crippen LogP contribution >= 0.6 is 23.1 Å². The van der Waals surface area contributed by atoms with Crippen LogP contribution in [0.25, 0.3) is 0 Å². The molecule has 29 heavy (non-hydrogen) atoms. The molecule has 0 amide bonds. The molecule has 1 N–H and O–H groups in total. The highest BCUT2D eigenvalue weighted by atomic mass is 32.2. The Morgan fingerprint density at radius 1 is 1.03 bits per heavy atom. The number of hydrogen-bond donors (Lipinski definition) is 1. The molecule has 12 heteroatoms. The van der Waals surface area contributed by atoms with Crippen LogP contribution in [-0.2, 0) is 27.7 Å². The van der Waals surface area contributed by atoms with Crippen molar-refractivity contribution in [1.29, 1.82) is 0 Å². The van der Waals surface area contributed by atoms with Gasteiger partial charge in [-0.2, -0.15) is 13.2 Å². The van der Waals surface area contributed by atoms with Gasteiger partial charge in [-0.1, -0.05) is 53.4 Å². The zero-order valence-corrected chi connectivity index (χ0v) is 16.9. The van der Waals surface area contributed by atoms with Crippen LogP contribution in [-0.4, -0.2) is 18.6 Å². The molecule has 0 aliphatic rings. The molecular weight excluding hydrogens is 450 g/mol. The van der Waals surface area contributed by atoms with Gasteiger partial charge in [-0.05, 0) is 29.3 Å². The molecule has 0 radical (unpaired) electrons. The van der Waals surface area contributed by atoms with Crippen LogP contribution in [0.3, 0.4) is 0 Å². The molecule has 3 aromatic rings. The van der Waals surface area contributed by atoms with Gasteiger partial charge in [-0.15, -0.1) is 10.2 Å². The smallest absolute Gasteiger partial charge is 0.257 e. The summed E-state index contributed by atoms with van der Waals surface area (Å²) in [6.45, 7) is 0. The predicted molar refractivity (Wildman–Crippen MR) is 104 cm³/mol. The highest BCUT2D eigenvalue weighted by molar-refractivity contribution is 8.00. The van der Waals surface area contributed by atoms with Crippen molar-refractivity contribution in [3.8, 4) is 0 Å². The number of rotatable bonds is 7. The van der Waals surface area contributed by atoms with E-state index in [4.69, 9.17) is 0 Å². The van der Waals surface area contributed by atoms with Crippen molar-refractivity contribution in [2.24, 2.45) is 0 Å². The molecule has 1 aromatic heterocycles. The Balaban J connectivity index is 1.60. The summed E-state index contributed by atoms with van der Waals surface area (Å²) in [7, 11) is -3.89. The van der Waals surface area contributed by atoms with E-state index >= 15 is 0 Å². The van der Waals surface area contributed by atoms with Crippen molar-refractivity contribution in [2.75, 3.05) is 4.72 Å². The molecule has 0 aliphatic heterocycles. The second-order valence-electron chi connectivity index (χ2n) is 5.81. The molecule has 2 aromatic carbocycles. The third-order valence-corrected chi connectivity index (χ3v) is 6.96. The predicted octanol–water partition coefficient (Wildman–Crippen LogP) is 4.93. The topological polar surface area (TPSA) is 72.0 Å². The molecule has 0 atom stereocenters. The fourth-order valence-corrected chi connectivity index (χ4v) is 5.39. The quantitative estimate of drug-likeness (QED) is 0.397. The zero-order chi connectivity index (χ0) is 21.1.